The highest BCUT2D eigenvalue weighted by molar-refractivity contribution is 6.65. The highest BCUT2D eigenvalue weighted by Gasteiger charge is 2.18. The molecule has 11 heavy (non-hydrogen) atoms. The Morgan fingerprint density at radius 2 is 2.09 bits per heavy atom. The molecule has 1 unspecified atom stereocenters. The van der Waals surface area contributed by atoms with Crippen molar-refractivity contribution in [2.24, 2.45) is 0 Å². The van der Waals surface area contributed by atoms with Crippen LogP contribution < -0.4 is 10.2 Å². The van der Waals surface area contributed by atoms with Gasteiger partial charge in [0.1, 0.15) is 0 Å². The SMILES string of the molecule is c1ccc([SiH]2NCCO2)cc1. The molecule has 0 aliphatic carbocycles. The molecule has 3 heteroatoms. The topological polar surface area (TPSA) is 21.3 Å². The van der Waals surface area contributed by atoms with Crippen LogP contribution in [0.3, 0.4) is 0 Å². The van der Waals surface area contributed by atoms with Crippen LogP contribution in [0, 0.1) is 0 Å². The first-order valence-electron chi connectivity index (χ1n) is 3.87. The van der Waals surface area contributed by atoms with Crippen molar-refractivity contribution in [3.8, 4) is 0 Å². The van der Waals surface area contributed by atoms with E-state index < -0.39 is 9.20 Å². The Kier molecular flexibility index (Phi) is 2.03. The van der Waals surface area contributed by atoms with E-state index in [1.54, 1.807) is 0 Å². The minimum absolute atomic E-state index is 0.881. The summed E-state index contributed by atoms with van der Waals surface area (Å²) in [5.74, 6) is 0. The largest absolute Gasteiger partial charge is 0.401 e. The molecule has 2 nitrogen and oxygen atoms in total. The maximum atomic E-state index is 5.57. The lowest BCUT2D eigenvalue weighted by atomic mass is 10.4. The number of benzene rings is 1. The zero-order valence-electron chi connectivity index (χ0n) is 6.29. The summed E-state index contributed by atoms with van der Waals surface area (Å²) >= 11 is 0. The molecule has 0 spiro atoms. The summed E-state index contributed by atoms with van der Waals surface area (Å²) in [6.07, 6.45) is 0. The average Bonchev–Trinajstić information content (AvgIpc) is 2.58. The maximum Gasteiger partial charge on any atom is 0.285 e. The Hall–Kier alpha value is -0.643. The van der Waals surface area contributed by atoms with Crippen LogP contribution in [0.1, 0.15) is 0 Å². The number of hydrogen-bond acceptors (Lipinski definition) is 2. The van der Waals surface area contributed by atoms with Gasteiger partial charge in [-0.25, -0.2) is 0 Å². The van der Waals surface area contributed by atoms with E-state index in [2.05, 4.69) is 29.2 Å². The van der Waals surface area contributed by atoms with E-state index >= 15 is 0 Å². The fourth-order valence-electron chi connectivity index (χ4n) is 1.27. The summed E-state index contributed by atoms with van der Waals surface area (Å²) in [7, 11) is -1.19. The lowest BCUT2D eigenvalue weighted by Gasteiger charge is -2.05. The fourth-order valence-corrected chi connectivity index (χ4v) is 3.12. The van der Waals surface area contributed by atoms with Crippen LogP contribution in [0.15, 0.2) is 30.3 Å². The zero-order chi connectivity index (χ0) is 7.52. The van der Waals surface area contributed by atoms with E-state index in [0.29, 0.717) is 0 Å². The van der Waals surface area contributed by atoms with Crippen molar-refractivity contribution < 1.29 is 4.43 Å². The molecule has 0 amide bonds. The van der Waals surface area contributed by atoms with Gasteiger partial charge in [0.15, 0.2) is 0 Å². The van der Waals surface area contributed by atoms with E-state index in [1.165, 1.54) is 5.19 Å². The first-order chi connectivity index (χ1) is 5.47. The minimum atomic E-state index is -1.19. The van der Waals surface area contributed by atoms with Crippen LogP contribution in [-0.2, 0) is 4.43 Å². The highest BCUT2D eigenvalue weighted by atomic mass is 28.3. The van der Waals surface area contributed by atoms with Crippen molar-refractivity contribution in [2.45, 2.75) is 0 Å². The Morgan fingerprint density at radius 1 is 1.27 bits per heavy atom. The van der Waals surface area contributed by atoms with Crippen molar-refractivity contribution >= 4 is 14.4 Å². The summed E-state index contributed by atoms with van der Waals surface area (Å²) in [6, 6.07) is 10.4. The summed E-state index contributed by atoms with van der Waals surface area (Å²) < 4.78 is 5.57. The second kappa shape index (κ2) is 3.17. The van der Waals surface area contributed by atoms with Gasteiger partial charge in [0.2, 0.25) is 0 Å². The van der Waals surface area contributed by atoms with Gasteiger partial charge in [0, 0.05) is 13.2 Å². The predicted molar refractivity (Wildman–Crippen MR) is 47.2 cm³/mol. The third kappa shape index (κ3) is 1.50. The summed E-state index contributed by atoms with van der Waals surface area (Å²) in [6.45, 7) is 1.90. The van der Waals surface area contributed by atoms with E-state index in [9.17, 15) is 0 Å². The van der Waals surface area contributed by atoms with Gasteiger partial charge in [-0.15, -0.1) is 0 Å². The van der Waals surface area contributed by atoms with Crippen molar-refractivity contribution in [3.63, 3.8) is 0 Å². The predicted octanol–water partition coefficient (Wildman–Crippen LogP) is -0.266. The van der Waals surface area contributed by atoms with Gasteiger partial charge in [-0.05, 0) is 5.19 Å². The first-order valence-corrected chi connectivity index (χ1v) is 5.49. The van der Waals surface area contributed by atoms with Crippen LogP contribution in [-0.4, -0.2) is 22.4 Å². The first kappa shape index (κ1) is 7.03. The van der Waals surface area contributed by atoms with Gasteiger partial charge in [-0.1, -0.05) is 30.3 Å². The summed E-state index contributed by atoms with van der Waals surface area (Å²) in [5, 5.41) is 1.35. The van der Waals surface area contributed by atoms with Gasteiger partial charge < -0.3 is 9.41 Å². The second-order valence-corrected chi connectivity index (χ2v) is 4.78. The van der Waals surface area contributed by atoms with Crippen LogP contribution in [0.25, 0.3) is 0 Å². The van der Waals surface area contributed by atoms with E-state index in [-0.39, 0.29) is 0 Å². The molecule has 0 radical (unpaired) electrons. The molecule has 0 aromatic heterocycles. The smallest absolute Gasteiger partial charge is 0.285 e. The molecule has 1 fully saturated rings. The molecule has 1 aliphatic heterocycles. The Bertz CT molecular complexity index is 221. The third-order valence-electron chi connectivity index (χ3n) is 1.82. The average molecular weight is 165 g/mol. The van der Waals surface area contributed by atoms with E-state index in [4.69, 9.17) is 4.43 Å². The maximum absolute atomic E-state index is 5.57. The Balaban J connectivity index is 2.16. The molecule has 1 N–H and O–H groups in total. The number of hydrogen-bond donors (Lipinski definition) is 1. The minimum Gasteiger partial charge on any atom is -0.401 e. The molecular formula is C8H11NOSi. The normalized spacial score (nSPS) is 23.8. The molecule has 1 saturated heterocycles. The fraction of sp³-hybridized carbons (Fsp3) is 0.250. The number of rotatable bonds is 1. The number of nitrogens with one attached hydrogen (secondary N) is 1. The summed E-state index contributed by atoms with van der Waals surface area (Å²) in [5.41, 5.74) is 0. The van der Waals surface area contributed by atoms with Gasteiger partial charge in [0.05, 0.1) is 0 Å². The molecule has 2 rings (SSSR count). The molecule has 1 aromatic carbocycles. The molecule has 1 aromatic rings. The quantitative estimate of drug-likeness (QED) is 0.579. The molecule has 1 heterocycles. The molecule has 1 aliphatic rings. The Morgan fingerprint density at radius 3 is 2.73 bits per heavy atom. The van der Waals surface area contributed by atoms with Crippen molar-refractivity contribution in [1.29, 1.82) is 0 Å². The monoisotopic (exact) mass is 165 g/mol. The van der Waals surface area contributed by atoms with Gasteiger partial charge in [-0.3, -0.25) is 0 Å². The van der Waals surface area contributed by atoms with Crippen molar-refractivity contribution in [3.05, 3.63) is 30.3 Å². The Labute approximate surface area is 68.0 Å². The van der Waals surface area contributed by atoms with Crippen LogP contribution in [0.4, 0.5) is 0 Å². The molecular weight excluding hydrogens is 154 g/mol. The van der Waals surface area contributed by atoms with Crippen molar-refractivity contribution in [2.75, 3.05) is 13.2 Å². The van der Waals surface area contributed by atoms with Gasteiger partial charge in [-0.2, -0.15) is 0 Å². The second-order valence-electron chi connectivity index (χ2n) is 2.62. The lowest BCUT2D eigenvalue weighted by Crippen LogP contribution is -2.41. The molecule has 58 valence electrons. The molecule has 1 atom stereocenters. The van der Waals surface area contributed by atoms with Crippen LogP contribution in [0.2, 0.25) is 0 Å². The third-order valence-corrected chi connectivity index (χ3v) is 4.04. The van der Waals surface area contributed by atoms with Gasteiger partial charge >= 0.3 is 0 Å². The van der Waals surface area contributed by atoms with Crippen LogP contribution >= 0.6 is 0 Å². The molecule has 0 bridgehead atoms. The standard InChI is InChI=1S/C8H11NOSi/c1-2-4-8(5-3-1)11-9-6-7-10-11/h1-5,9,11H,6-7H2. The summed E-state index contributed by atoms with van der Waals surface area (Å²) in [4.78, 5) is 3.39. The van der Waals surface area contributed by atoms with E-state index in [1.807, 2.05) is 6.07 Å². The van der Waals surface area contributed by atoms with E-state index in [0.717, 1.165) is 13.2 Å². The molecule has 0 saturated carbocycles. The van der Waals surface area contributed by atoms with Crippen molar-refractivity contribution in [1.82, 2.24) is 4.98 Å². The lowest BCUT2D eigenvalue weighted by molar-refractivity contribution is 0.376. The zero-order valence-corrected chi connectivity index (χ0v) is 7.44. The highest BCUT2D eigenvalue weighted by Crippen LogP contribution is 1.92. The van der Waals surface area contributed by atoms with Crippen LogP contribution in [0.5, 0.6) is 0 Å². The van der Waals surface area contributed by atoms with Gasteiger partial charge in [0.25, 0.3) is 9.20 Å².